The van der Waals surface area contributed by atoms with Crippen LogP contribution in [-0.4, -0.2) is 19.5 Å². The molecule has 0 unspecified atom stereocenters. The molecule has 0 aliphatic heterocycles. The van der Waals surface area contributed by atoms with Gasteiger partial charge >= 0.3 is 0 Å². The molecule has 5 heteroatoms. The van der Waals surface area contributed by atoms with E-state index in [-0.39, 0.29) is 0 Å². The first kappa shape index (κ1) is 10.3. The first-order valence-electron chi connectivity index (χ1n) is 4.75. The number of halogens is 1. The van der Waals surface area contributed by atoms with Crippen molar-refractivity contribution in [3.63, 3.8) is 0 Å². The van der Waals surface area contributed by atoms with Crippen LogP contribution < -0.4 is 0 Å². The van der Waals surface area contributed by atoms with E-state index < -0.39 is 0 Å². The SMILES string of the molecule is CCn1ccnc1Cc1cncnc1Br. The fraction of sp³-hybridized carbons (Fsp3) is 0.300. The third-order valence-corrected chi connectivity index (χ3v) is 2.94. The van der Waals surface area contributed by atoms with Crippen molar-refractivity contribution in [1.29, 1.82) is 0 Å². The molecule has 0 saturated carbocycles. The molecular weight excluding hydrogens is 256 g/mol. The number of hydrogen-bond donors (Lipinski definition) is 0. The predicted octanol–water partition coefficient (Wildman–Crippen LogP) is 2.05. The molecule has 0 amide bonds. The molecule has 0 aliphatic carbocycles. The molecule has 0 N–H and O–H groups in total. The van der Waals surface area contributed by atoms with Gasteiger partial charge < -0.3 is 4.57 Å². The van der Waals surface area contributed by atoms with E-state index in [0.717, 1.165) is 29.0 Å². The molecule has 0 aliphatic rings. The number of imidazole rings is 1. The fourth-order valence-electron chi connectivity index (χ4n) is 1.43. The van der Waals surface area contributed by atoms with Crippen LogP contribution in [0.5, 0.6) is 0 Å². The lowest BCUT2D eigenvalue weighted by molar-refractivity contribution is 0.710. The van der Waals surface area contributed by atoms with Crippen LogP contribution in [-0.2, 0) is 13.0 Å². The minimum atomic E-state index is 0.752. The normalized spacial score (nSPS) is 10.5. The van der Waals surface area contributed by atoms with E-state index >= 15 is 0 Å². The molecule has 2 rings (SSSR count). The van der Waals surface area contributed by atoms with E-state index in [1.807, 2.05) is 18.6 Å². The maximum absolute atomic E-state index is 4.31. The highest BCUT2D eigenvalue weighted by atomic mass is 79.9. The third kappa shape index (κ3) is 2.23. The Morgan fingerprint density at radius 3 is 3.00 bits per heavy atom. The first-order valence-corrected chi connectivity index (χ1v) is 5.55. The molecule has 0 radical (unpaired) electrons. The molecule has 0 fully saturated rings. The second kappa shape index (κ2) is 4.53. The Labute approximate surface area is 96.5 Å². The summed E-state index contributed by atoms with van der Waals surface area (Å²) in [5.41, 5.74) is 1.05. The zero-order valence-electron chi connectivity index (χ0n) is 8.39. The maximum atomic E-state index is 4.31. The van der Waals surface area contributed by atoms with Gasteiger partial charge in [0.05, 0.1) is 0 Å². The minimum Gasteiger partial charge on any atom is -0.335 e. The van der Waals surface area contributed by atoms with E-state index in [0.29, 0.717) is 0 Å². The summed E-state index contributed by atoms with van der Waals surface area (Å²) in [5.74, 6) is 1.04. The molecule has 0 atom stereocenters. The Bertz CT molecular complexity index is 452. The van der Waals surface area contributed by atoms with Gasteiger partial charge in [-0.05, 0) is 22.9 Å². The molecule has 0 spiro atoms. The second-order valence-electron chi connectivity index (χ2n) is 3.15. The highest BCUT2D eigenvalue weighted by Crippen LogP contribution is 2.15. The van der Waals surface area contributed by atoms with Gasteiger partial charge in [0.15, 0.2) is 0 Å². The molecular formula is C10H11BrN4. The van der Waals surface area contributed by atoms with E-state index in [2.05, 4.69) is 42.4 Å². The smallest absolute Gasteiger partial charge is 0.116 e. The first-order chi connectivity index (χ1) is 7.31. The van der Waals surface area contributed by atoms with Gasteiger partial charge in [0.2, 0.25) is 0 Å². The molecule has 15 heavy (non-hydrogen) atoms. The van der Waals surface area contributed by atoms with Crippen LogP contribution in [0.3, 0.4) is 0 Å². The highest BCUT2D eigenvalue weighted by Gasteiger charge is 2.06. The Balaban J connectivity index is 2.26. The molecule has 78 valence electrons. The summed E-state index contributed by atoms with van der Waals surface area (Å²) in [4.78, 5) is 12.4. The highest BCUT2D eigenvalue weighted by molar-refractivity contribution is 9.10. The van der Waals surface area contributed by atoms with Crippen LogP contribution in [0.4, 0.5) is 0 Å². The van der Waals surface area contributed by atoms with E-state index in [9.17, 15) is 0 Å². The van der Waals surface area contributed by atoms with Gasteiger partial charge in [-0.15, -0.1) is 0 Å². The van der Waals surface area contributed by atoms with Gasteiger partial charge in [0, 0.05) is 37.1 Å². The summed E-state index contributed by atoms with van der Waals surface area (Å²) in [6.07, 6.45) is 7.89. The minimum absolute atomic E-state index is 0.752. The lowest BCUT2D eigenvalue weighted by Crippen LogP contribution is -2.03. The van der Waals surface area contributed by atoms with Gasteiger partial charge in [-0.2, -0.15) is 0 Å². The van der Waals surface area contributed by atoms with Crippen LogP contribution >= 0.6 is 15.9 Å². The second-order valence-corrected chi connectivity index (χ2v) is 3.90. The van der Waals surface area contributed by atoms with E-state index in [1.54, 1.807) is 0 Å². The van der Waals surface area contributed by atoms with Crippen molar-refractivity contribution < 1.29 is 0 Å². The summed E-state index contributed by atoms with van der Waals surface area (Å²) < 4.78 is 2.95. The lowest BCUT2D eigenvalue weighted by Gasteiger charge is -2.05. The number of aryl methyl sites for hydroxylation is 1. The summed E-state index contributed by atoms with van der Waals surface area (Å²) in [6.45, 7) is 3.03. The summed E-state index contributed by atoms with van der Waals surface area (Å²) in [6, 6.07) is 0. The van der Waals surface area contributed by atoms with E-state index in [1.165, 1.54) is 6.33 Å². The van der Waals surface area contributed by atoms with Crippen molar-refractivity contribution in [2.75, 3.05) is 0 Å². The average Bonchev–Trinajstić information content (AvgIpc) is 2.69. The lowest BCUT2D eigenvalue weighted by atomic mass is 10.2. The van der Waals surface area contributed by atoms with Crippen molar-refractivity contribution in [3.05, 3.63) is 40.9 Å². The fourth-order valence-corrected chi connectivity index (χ4v) is 1.76. The Hall–Kier alpha value is -1.23. The van der Waals surface area contributed by atoms with Crippen molar-refractivity contribution >= 4 is 15.9 Å². The molecule has 0 saturated heterocycles. The Morgan fingerprint density at radius 1 is 1.40 bits per heavy atom. The maximum Gasteiger partial charge on any atom is 0.116 e. The number of rotatable bonds is 3. The number of hydrogen-bond acceptors (Lipinski definition) is 3. The summed E-state index contributed by atoms with van der Waals surface area (Å²) in [7, 11) is 0. The Kier molecular flexibility index (Phi) is 3.11. The molecule has 2 aromatic heterocycles. The van der Waals surface area contributed by atoms with Crippen LogP contribution in [0.15, 0.2) is 29.5 Å². The topological polar surface area (TPSA) is 43.6 Å². The van der Waals surface area contributed by atoms with E-state index in [4.69, 9.17) is 0 Å². The molecule has 4 nitrogen and oxygen atoms in total. The number of nitrogens with zero attached hydrogens (tertiary/aromatic N) is 4. The average molecular weight is 267 g/mol. The van der Waals surface area contributed by atoms with Gasteiger partial charge in [-0.3, -0.25) is 0 Å². The zero-order valence-corrected chi connectivity index (χ0v) is 9.98. The van der Waals surface area contributed by atoms with Crippen LogP contribution in [0.2, 0.25) is 0 Å². The Morgan fingerprint density at radius 2 is 2.27 bits per heavy atom. The third-order valence-electron chi connectivity index (χ3n) is 2.22. The predicted molar refractivity (Wildman–Crippen MR) is 60.4 cm³/mol. The van der Waals surface area contributed by atoms with Crippen molar-refractivity contribution in [3.8, 4) is 0 Å². The number of aromatic nitrogens is 4. The van der Waals surface area contributed by atoms with Crippen molar-refractivity contribution in [1.82, 2.24) is 19.5 Å². The van der Waals surface area contributed by atoms with Gasteiger partial charge in [-0.1, -0.05) is 0 Å². The molecule has 0 bridgehead atoms. The molecule has 2 aromatic rings. The summed E-state index contributed by atoms with van der Waals surface area (Å²) in [5, 5.41) is 0. The van der Waals surface area contributed by atoms with Gasteiger partial charge in [-0.25, -0.2) is 15.0 Å². The quantitative estimate of drug-likeness (QED) is 0.799. The van der Waals surface area contributed by atoms with Gasteiger partial charge in [0.1, 0.15) is 16.8 Å². The van der Waals surface area contributed by atoms with Crippen LogP contribution in [0.1, 0.15) is 18.3 Å². The molecule has 2 heterocycles. The largest absolute Gasteiger partial charge is 0.335 e. The van der Waals surface area contributed by atoms with Crippen molar-refractivity contribution in [2.45, 2.75) is 19.9 Å². The zero-order chi connectivity index (χ0) is 10.7. The van der Waals surface area contributed by atoms with Crippen LogP contribution in [0, 0.1) is 0 Å². The monoisotopic (exact) mass is 266 g/mol. The standard InChI is InChI=1S/C10H11BrN4/c1-2-15-4-3-13-9(15)5-8-6-12-7-14-10(8)11/h3-4,6-7H,2,5H2,1H3. The molecule has 0 aromatic carbocycles. The van der Waals surface area contributed by atoms with Crippen molar-refractivity contribution in [2.24, 2.45) is 0 Å². The van der Waals surface area contributed by atoms with Gasteiger partial charge in [0.25, 0.3) is 0 Å². The summed E-state index contributed by atoms with van der Waals surface area (Å²) >= 11 is 3.40. The van der Waals surface area contributed by atoms with Crippen LogP contribution in [0.25, 0.3) is 0 Å².